The van der Waals surface area contributed by atoms with Gasteiger partial charge in [0.25, 0.3) is 11.8 Å². The highest BCUT2D eigenvalue weighted by Crippen LogP contribution is 2.38. The number of nitrogens with one attached hydrogen (secondary N) is 2. The van der Waals surface area contributed by atoms with Gasteiger partial charge < -0.3 is 20.3 Å². The lowest BCUT2D eigenvalue weighted by atomic mass is 9.96. The van der Waals surface area contributed by atoms with Crippen molar-refractivity contribution >= 4 is 17.6 Å². The van der Waals surface area contributed by atoms with Crippen molar-refractivity contribution in [3.05, 3.63) is 83.3 Å². The number of amides is 2. The van der Waals surface area contributed by atoms with Gasteiger partial charge in [0.15, 0.2) is 0 Å². The minimum atomic E-state index is -0.120. The summed E-state index contributed by atoms with van der Waals surface area (Å²) in [6.07, 6.45) is 9.84. The van der Waals surface area contributed by atoms with Gasteiger partial charge in [-0.3, -0.25) is 14.6 Å². The van der Waals surface area contributed by atoms with Gasteiger partial charge in [-0.05, 0) is 81.0 Å². The molecule has 0 saturated carbocycles. The summed E-state index contributed by atoms with van der Waals surface area (Å²) in [7, 11) is 1.62. The molecule has 2 amide bonds. The summed E-state index contributed by atoms with van der Waals surface area (Å²) < 4.78 is 5.37. The molecule has 37 heavy (non-hydrogen) atoms. The molecule has 3 atom stereocenters. The Bertz CT molecular complexity index is 1230. The number of pyridine rings is 2. The highest BCUT2D eigenvalue weighted by molar-refractivity contribution is 5.96. The number of hydrogen-bond donors (Lipinski definition) is 2. The van der Waals surface area contributed by atoms with Gasteiger partial charge in [-0.25, -0.2) is 4.98 Å². The van der Waals surface area contributed by atoms with Crippen molar-refractivity contribution in [2.24, 2.45) is 0 Å². The van der Waals surface area contributed by atoms with Crippen molar-refractivity contribution in [2.75, 3.05) is 18.6 Å². The van der Waals surface area contributed by atoms with Gasteiger partial charge in [0.1, 0.15) is 11.6 Å². The van der Waals surface area contributed by atoms with Crippen LogP contribution < -0.4 is 20.3 Å². The minimum Gasteiger partial charge on any atom is -0.496 e. The van der Waals surface area contributed by atoms with Gasteiger partial charge >= 0.3 is 0 Å². The van der Waals surface area contributed by atoms with Gasteiger partial charge in [-0.15, -0.1) is 0 Å². The number of anilines is 1. The number of aromatic nitrogens is 2. The van der Waals surface area contributed by atoms with E-state index in [9.17, 15) is 9.59 Å². The van der Waals surface area contributed by atoms with Crippen LogP contribution in [0.1, 0.15) is 57.5 Å². The number of hydrogen-bond acceptors (Lipinski definition) is 6. The van der Waals surface area contributed by atoms with Crippen LogP contribution in [0.5, 0.6) is 5.75 Å². The molecule has 8 nitrogen and oxygen atoms in total. The zero-order valence-electron chi connectivity index (χ0n) is 21.3. The first-order chi connectivity index (χ1) is 18.0. The fourth-order valence-electron chi connectivity index (χ4n) is 5.66. The first-order valence-corrected chi connectivity index (χ1v) is 12.9. The largest absolute Gasteiger partial charge is 0.496 e. The Morgan fingerprint density at radius 1 is 1.03 bits per heavy atom. The number of fused-ring (bicyclic) bond motifs is 2. The van der Waals surface area contributed by atoms with Crippen LogP contribution in [0.15, 0.2) is 61.1 Å². The first-order valence-electron chi connectivity index (χ1n) is 12.9. The third kappa shape index (κ3) is 5.43. The molecule has 0 aliphatic carbocycles. The molecular formula is C29H33N5O3. The molecule has 1 unspecified atom stereocenters. The summed E-state index contributed by atoms with van der Waals surface area (Å²) in [5, 5.41) is 6.22. The fourth-order valence-corrected chi connectivity index (χ4v) is 5.66. The summed E-state index contributed by atoms with van der Waals surface area (Å²) in [6.45, 7) is 2.47. The van der Waals surface area contributed by atoms with E-state index in [-0.39, 0.29) is 17.9 Å². The lowest BCUT2D eigenvalue weighted by Crippen LogP contribution is -2.50. The van der Waals surface area contributed by atoms with E-state index in [0.29, 0.717) is 29.8 Å². The van der Waals surface area contributed by atoms with Crippen molar-refractivity contribution in [2.45, 2.75) is 57.2 Å². The van der Waals surface area contributed by atoms with E-state index in [4.69, 9.17) is 4.74 Å². The molecule has 2 aliphatic rings. The first kappa shape index (κ1) is 24.7. The van der Waals surface area contributed by atoms with Crippen molar-refractivity contribution in [3.63, 3.8) is 0 Å². The van der Waals surface area contributed by atoms with E-state index >= 15 is 0 Å². The zero-order chi connectivity index (χ0) is 25.8. The normalized spacial score (nSPS) is 20.4. The fraction of sp³-hybridized carbons (Fsp3) is 0.379. The number of benzene rings is 1. The molecule has 2 aliphatic heterocycles. The molecule has 1 aromatic carbocycles. The molecule has 2 fully saturated rings. The molecule has 2 saturated heterocycles. The monoisotopic (exact) mass is 499 g/mol. The molecular weight excluding hydrogens is 466 g/mol. The predicted octanol–water partition coefficient (Wildman–Crippen LogP) is 3.70. The molecule has 4 heterocycles. The smallest absolute Gasteiger partial charge is 0.252 e. The number of nitrogens with zero attached hydrogens (tertiary/aromatic N) is 3. The predicted molar refractivity (Wildman–Crippen MR) is 142 cm³/mol. The molecule has 192 valence electrons. The molecule has 0 spiro atoms. The Kier molecular flexibility index (Phi) is 7.35. The summed E-state index contributed by atoms with van der Waals surface area (Å²) in [4.78, 5) is 36.6. The summed E-state index contributed by atoms with van der Waals surface area (Å²) in [6, 6.07) is 14.0. The Hall–Kier alpha value is -3.94. The molecule has 8 heteroatoms. The van der Waals surface area contributed by atoms with Crippen LogP contribution in [0.4, 0.5) is 5.82 Å². The van der Waals surface area contributed by atoms with Gasteiger partial charge in [0.05, 0.1) is 12.7 Å². The number of carbonyl (C=O) groups excluding carboxylic acids is 2. The number of carbonyl (C=O) groups is 2. The Labute approximate surface area is 217 Å². The van der Waals surface area contributed by atoms with E-state index in [2.05, 4.69) is 25.5 Å². The topological polar surface area (TPSA) is 96.5 Å². The SMILES string of the molecule is COc1cccc(C(=O)NC2C[C@H]3CC[C@@H](C2)N3c2ccc(C(=O)NCCc3ccncc3)cn2)c1C. The van der Waals surface area contributed by atoms with E-state index in [1.165, 1.54) is 0 Å². The second kappa shape index (κ2) is 11.0. The highest BCUT2D eigenvalue weighted by atomic mass is 16.5. The Morgan fingerprint density at radius 2 is 1.78 bits per heavy atom. The van der Waals surface area contributed by atoms with Gasteiger partial charge in [0, 0.05) is 54.4 Å². The van der Waals surface area contributed by atoms with Crippen molar-refractivity contribution in [3.8, 4) is 5.75 Å². The number of methoxy groups -OCH3 is 1. The van der Waals surface area contributed by atoms with Crippen LogP contribution in [0, 0.1) is 6.92 Å². The van der Waals surface area contributed by atoms with Gasteiger partial charge in [0.2, 0.25) is 0 Å². The van der Waals surface area contributed by atoms with Crippen LogP contribution >= 0.6 is 0 Å². The minimum absolute atomic E-state index is 0.0494. The molecule has 2 N–H and O–H groups in total. The van der Waals surface area contributed by atoms with Gasteiger partial charge in [-0.2, -0.15) is 0 Å². The maximum absolute atomic E-state index is 13.0. The lowest BCUT2D eigenvalue weighted by Gasteiger charge is -2.40. The number of ether oxygens (including phenoxy) is 1. The third-order valence-corrected chi connectivity index (χ3v) is 7.54. The standard InChI is InChI=1S/C29H33N5O3/c1-19-25(4-3-5-26(19)37-2)29(36)33-22-16-23-7-8-24(17-22)34(23)27-9-6-21(18-32-27)28(35)31-15-12-20-10-13-30-14-11-20/h3-6,9-11,13-14,18,22-24H,7-8,12,15-17H2,1-2H3,(H,31,35)(H,33,36)/t22?,23-,24+. The van der Waals surface area contributed by atoms with Gasteiger partial charge in [-0.1, -0.05) is 6.07 Å². The molecule has 2 aromatic heterocycles. The summed E-state index contributed by atoms with van der Waals surface area (Å²) >= 11 is 0. The summed E-state index contributed by atoms with van der Waals surface area (Å²) in [5.74, 6) is 1.45. The van der Waals surface area contributed by atoms with Crippen molar-refractivity contribution < 1.29 is 14.3 Å². The highest BCUT2D eigenvalue weighted by Gasteiger charge is 2.42. The van der Waals surface area contributed by atoms with Crippen LogP contribution in [-0.2, 0) is 6.42 Å². The maximum atomic E-state index is 13.0. The van der Waals surface area contributed by atoms with Crippen molar-refractivity contribution in [1.82, 2.24) is 20.6 Å². The quantitative estimate of drug-likeness (QED) is 0.491. The van der Waals surface area contributed by atoms with E-state index in [1.54, 1.807) is 25.7 Å². The maximum Gasteiger partial charge on any atom is 0.252 e. The number of piperidine rings is 1. The Morgan fingerprint density at radius 3 is 2.46 bits per heavy atom. The van der Waals surface area contributed by atoms with E-state index in [1.807, 2.05) is 49.4 Å². The second-order valence-electron chi connectivity index (χ2n) is 9.83. The van der Waals surface area contributed by atoms with Crippen LogP contribution in [0.3, 0.4) is 0 Å². The average Bonchev–Trinajstić information content (AvgIpc) is 3.19. The zero-order valence-corrected chi connectivity index (χ0v) is 21.3. The number of rotatable bonds is 8. The lowest BCUT2D eigenvalue weighted by molar-refractivity contribution is 0.0924. The molecule has 0 radical (unpaired) electrons. The van der Waals surface area contributed by atoms with Crippen molar-refractivity contribution in [1.29, 1.82) is 0 Å². The van der Waals surface area contributed by atoms with Crippen LogP contribution in [0.2, 0.25) is 0 Å². The second-order valence-corrected chi connectivity index (χ2v) is 9.83. The van der Waals surface area contributed by atoms with Crippen LogP contribution in [-0.4, -0.2) is 53.6 Å². The molecule has 3 aromatic rings. The molecule has 2 bridgehead atoms. The average molecular weight is 500 g/mol. The molecule has 5 rings (SSSR count). The summed E-state index contributed by atoms with van der Waals surface area (Å²) in [5.41, 5.74) is 3.21. The van der Waals surface area contributed by atoms with E-state index < -0.39 is 0 Å². The van der Waals surface area contributed by atoms with E-state index in [0.717, 1.165) is 54.8 Å². The van der Waals surface area contributed by atoms with Crippen LogP contribution in [0.25, 0.3) is 0 Å². The Balaban J connectivity index is 1.17. The third-order valence-electron chi connectivity index (χ3n) is 7.54.